The van der Waals surface area contributed by atoms with Gasteiger partial charge in [0.1, 0.15) is 17.5 Å². The zero-order valence-electron chi connectivity index (χ0n) is 16.2. The monoisotopic (exact) mass is 458 g/mol. The number of hydrogen-bond donors (Lipinski definition) is 3. The zero-order chi connectivity index (χ0) is 22.4. The number of carbonyl (C=O) groups is 1. The molecular formula is C19H21Cl2FN4O4. The molecular weight excluding hydrogens is 438 g/mol. The second-order valence-corrected chi connectivity index (χ2v) is 7.31. The third kappa shape index (κ3) is 6.27. The van der Waals surface area contributed by atoms with Crippen LogP contribution in [-0.2, 0) is 0 Å². The van der Waals surface area contributed by atoms with Crippen molar-refractivity contribution in [3.8, 4) is 11.6 Å². The van der Waals surface area contributed by atoms with E-state index in [0.29, 0.717) is 0 Å². The topological polar surface area (TPSA) is 133 Å². The first-order valence-electron chi connectivity index (χ1n) is 8.81. The van der Waals surface area contributed by atoms with Crippen LogP contribution in [0.15, 0.2) is 29.4 Å². The SMILES string of the molecule is CC(C)Oc1ncc(C(=O)N=C(N)c2cc(F)c(OCC(N)CO)cc2Cl)cc1Cl. The van der Waals surface area contributed by atoms with Gasteiger partial charge in [-0.25, -0.2) is 9.37 Å². The third-order valence-corrected chi connectivity index (χ3v) is 4.19. The van der Waals surface area contributed by atoms with Gasteiger partial charge in [-0.1, -0.05) is 23.2 Å². The molecule has 1 atom stereocenters. The molecule has 0 aliphatic heterocycles. The van der Waals surface area contributed by atoms with Crippen LogP contribution < -0.4 is 20.9 Å². The molecule has 0 aliphatic rings. The lowest BCUT2D eigenvalue weighted by molar-refractivity contribution is 0.100. The number of amidine groups is 1. The van der Waals surface area contributed by atoms with Crippen LogP contribution in [0.2, 0.25) is 10.0 Å². The fraction of sp³-hybridized carbons (Fsp3) is 0.316. The molecule has 0 spiro atoms. The Morgan fingerprint density at radius 3 is 2.60 bits per heavy atom. The molecule has 8 nitrogen and oxygen atoms in total. The van der Waals surface area contributed by atoms with Gasteiger partial charge >= 0.3 is 0 Å². The van der Waals surface area contributed by atoms with Crippen LogP contribution in [0.3, 0.4) is 0 Å². The third-order valence-electron chi connectivity index (χ3n) is 3.61. The smallest absolute Gasteiger partial charge is 0.280 e. The average Bonchev–Trinajstić information content (AvgIpc) is 2.68. The molecule has 1 heterocycles. The number of amides is 1. The number of nitrogens with two attached hydrogens (primary N) is 2. The van der Waals surface area contributed by atoms with Crippen molar-refractivity contribution in [3.05, 3.63) is 51.4 Å². The van der Waals surface area contributed by atoms with Gasteiger partial charge in [0.15, 0.2) is 11.6 Å². The number of aliphatic hydroxyl groups excluding tert-OH is 1. The quantitative estimate of drug-likeness (QED) is 0.408. The van der Waals surface area contributed by atoms with Crippen molar-refractivity contribution in [1.82, 2.24) is 4.98 Å². The van der Waals surface area contributed by atoms with Gasteiger partial charge in [-0.15, -0.1) is 0 Å². The fourth-order valence-electron chi connectivity index (χ4n) is 2.17. The number of benzene rings is 1. The highest BCUT2D eigenvalue weighted by atomic mass is 35.5. The number of pyridine rings is 1. The molecule has 0 bridgehead atoms. The highest BCUT2D eigenvalue weighted by Gasteiger charge is 2.16. The molecule has 1 aromatic carbocycles. The first kappa shape index (κ1) is 23.8. The number of hydrogen-bond acceptors (Lipinski definition) is 6. The highest BCUT2D eigenvalue weighted by molar-refractivity contribution is 6.34. The number of aliphatic imine (C=N–C) groups is 1. The van der Waals surface area contributed by atoms with E-state index >= 15 is 0 Å². The minimum atomic E-state index is -0.787. The molecule has 11 heteroatoms. The van der Waals surface area contributed by atoms with Gasteiger partial charge in [0, 0.05) is 17.8 Å². The summed E-state index contributed by atoms with van der Waals surface area (Å²) in [6, 6.07) is 2.83. The van der Waals surface area contributed by atoms with Crippen LogP contribution in [0.4, 0.5) is 4.39 Å². The van der Waals surface area contributed by atoms with E-state index in [2.05, 4.69) is 9.98 Å². The molecule has 0 fully saturated rings. The number of carbonyl (C=O) groups excluding carboxylic acids is 1. The molecule has 1 amide bonds. The summed E-state index contributed by atoms with van der Waals surface area (Å²) in [7, 11) is 0. The predicted molar refractivity (Wildman–Crippen MR) is 112 cm³/mol. The van der Waals surface area contributed by atoms with E-state index in [0.717, 1.165) is 6.07 Å². The average molecular weight is 459 g/mol. The van der Waals surface area contributed by atoms with E-state index in [-0.39, 0.29) is 58.0 Å². The Labute approximate surface area is 182 Å². The van der Waals surface area contributed by atoms with Gasteiger partial charge < -0.3 is 26.0 Å². The first-order valence-corrected chi connectivity index (χ1v) is 9.57. The van der Waals surface area contributed by atoms with Crippen molar-refractivity contribution >= 4 is 34.9 Å². The number of halogens is 3. The van der Waals surface area contributed by atoms with Gasteiger partial charge in [0.2, 0.25) is 5.88 Å². The summed E-state index contributed by atoms with van der Waals surface area (Å²) in [5, 5.41) is 9.04. The second kappa shape index (κ2) is 10.5. The summed E-state index contributed by atoms with van der Waals surface area (Å²) in [6.07, 6.45) is 1.10. The molecule has 0 saturated heterocycles. The lowest BCUT2D eigenvalue weighted by Gasteiger charge is -2.13. The van der Waals surface area contributed by atoms with Crippen molar-refractivity contribution in [2.24, 2.45) is 16.5 Å². The Morgan fingerprint density at radius 1 is 1.30 bits per heavy atom. The fourth-order valence-corrected chi connectivity index (χ4v) is 2.63. The Hall–Kier alpha value is -2.46. The molecule has 2 rings (SSSR count). The molecule has 1 unspecified atom stereocenters. The molecule has 0 saturated carbocycles. The minimum absolute atomic E-state index is 0.000130. The van der Waals surface area contributed by atoms with Crippen molar-refractivity contribution in [1.29, 1.82) is 0 Å². The molecule has 2 aromatic rings. The maximum Gasteiger partial charge on any atom is 0.280 e. The largest absolute Gasteiger partial charge is 0.489 e. The van der Waals surface area contributed by atoms with E-state index in [9.17, 15) is 9.18 Å². The summed E-state index contributed by atoms with van der Waals surface area (Å²) < 4.78 is 24.9. The summed E-state index contributed by atoms with van der Waals surface area (Å²) >= 11 is 12.2. The van der Waals surface area contributed by atoms with Crippen LogP contribution in [0.5, 0.6) is 11.6 Å². The Morgan fingerprint density at radius 2 is 2.00 bits per heavy atom. The number of ether oxygens (including phenoxy) is 2. The van der Waals surface area contributed by atoms with Crippen molar-refractivity contribution in [2.45, 2.75) is 26.0 Å². The van der Waals surface area contributed by atoms with Gasteiger partial charge in [-0.3, -0.25) is 4.79 Å². The lowest BCUT2D eigenvalue weighted by Crippen LogP contribution is -2.31. The summed E-state index contributed by atoms with van der Waals surface area (Å²) in [6.45, 7) is 3.18. The minimum Gasteiger partial charge on any atom is -0.489 e. The van der Waals surface area contributed by atoms with Crippen LogP contribution in [0, 0.1) is 5.82 Å². The molecule has 5 N–H and O–H groups in total. The van der Waals surface area contributed by atoms with Crippen LogP contribution in [-0.4, -0.2) is 47.2 Å². The maximum absolute atomic E-state index is 14.3. The van der Waals surface area contributed by atoms with Crippen molar-refractivity contribution in [2.75, 3.05) is 13.2 Å². The van der Waals surface area contributed by atoms with E-state index < -0.39 is 17.8 Å². The van der Waals surface area contributed by atoms with E-state index in [4.69, 9.17) is 49.2 Å². The molecule has 0 radical (unpaired) electrons. The van der Waals surface area contributed by atoms with E-state index in [1.807, 2.05) is 13.8 Å². The number of aromatic nitrogens is 1. The maximum atomic E-state index is 14.3. The highest BCUT2D eigenvalue weighted by Crippen LogP contribution is 2.27. The van der Waals surface area contributed by atoms with Crippen LogP contribution >= 0.6 is 23.2 Å². The molecule has 1 aromatic heterocycles. The van der Waals surface area contributed by atoms with E-state index in [1.54, 1.807) is 0 Å². The number of rotatable bonds is 8. The second-order valence-electron chi connectivity index (χ2n) is 6.50. The lowest BCUT2D eigenvalue weighted by atomic mass is 10.2. The van der Waals surface area contributed by atoms with Gasteiger partial charge in [0.25, 0.3) is 5.91 Å². The van der Waals surface area contributed by atoms with Crippen LogP contribution in [0.1, 0.15) is 29.8 Å². The van der Waals surface area contributed by atoms with Gasteiger partial charge in [-0.05, 0) is 26.0 Å². The van der Waals surface area contributed by atoms with Crippen LogP contribution in [0.25, 0.3) is 0 Å². The first-order chi connectivity index (χ1) is 14.1. The summed E-state index contributed by atoms with van der Waals surface area (Å²) in [4.78, 5) is 20.1. The van der Waals surface area contributed by atoms with Gasteiger partial charge in [0.05, 0.1) is 29.3 Å². The molecule has 162 valence electrons. The van der Waals surface area contributed by atoms with E-state index in [1.165, 1.54) is 18.3 Å². The zero-order valence-corrected chi connectivity index (χ0v) is 17.7. The number of aliphatic hydroxyl groups is 1. The molecule has 30 heavy (non-hydrogen) atoms. The van der Waals surface area contributed by atoms with Gasteiger partial charge in [-0.2, -0.15) is 4.99 Å². The standard InChI is InChI=1S/C19H21Cl2FN4O4/c1-9(2)30-19-14(21)3-10(6-25-19)18(28)26-17(24)12-4-15(22)16(5-13(12)20)29-8-11(23)7-27/h3-6,9,11,27H,7-8,23H2,1-2H3,(H2,24,26,28). The Balaban J connectivity index is 2.23. The normalized spacial score (nSPS) is 12.7. The predicted octanol–water partition coefficient (Wildman–Crippen LogP) is 2.56. The summed E-state index contributed by atoms with van der Waals surface area (Å²) in [5.74, 6) is -1.83. The summed E-state index contributed by atoms with van der Waals surface area (Å²) in [5.41, 5.74) is 11.4. The number of nitrogens with zero attached hydrogens (tertiary/aromatic N) is 2. The van der Waals surface area contributed by atoms with Crippen molar-refractivity contribution < 1.29 is 23.8 Å². The Bertz CT molecular complexity index is 956. The van der Waals surface area contributed by atoms with Crippen molar-refractivity contribution in [3.63, 3.8) is 0 Å². The molecule has 0 aliphatic carbocycles. The Kier molecular flexibility index (Phi) is 8.36.